The minimum atomic E-state index is -0.214. The molecule has 4 aromatic rings. The van der Waals surface area contributed by atoms with Gasteiger partial charge in [0.1, 0.15) is 0 Å². The van der Waals surface area contributed by atoms with Gasteiger partial charge in [-0.15, -0.1) is 0 Å². The van der Waals surface area contributed by atoms with Gasteiger partial charge in [0, 0.05) is 17.7 Å². The van der Waals surface area contributed by atoms with Crippen LogP contribution < -0.4 is 14.8 Å². The number of imidazole rings is 1. The highest BCUT2D eigenvalue weighted by Crippen LogP contribution is 2.47. The number of rotatable bonds is 4. The molecule has 3 aromatic carbocycles. The number of Topliss-reactive ketones (excluding diaryl/α,β-unsaturated/α-hetero) is 1. The molecule has 0 fully saturated rings. The fourth-order valence-electron chi connectivity index (χ4n) is 5.56. The van der Waals surface area contributed by atoms with Crippen molar-refractivity contribution in [2.24, 2.45) is 0 Å². The van der Waals surface area contributed by atoms with Crippen molar-refractivity contribution in [3.8, 4) is 11.5 Å². The zero-order valence-electron chi connectivity index (χ0n) is 20.0. The Morgan fingerprint density at radius 2 is 1.71 bits per heavy atom. The first-order valence-corrected chi connectivity index (χ1v) is 11.9. The number of fused-ring (bicyclic) bond motifs is 3. The quantitative estimate of drug-likeness (QED) is 0.414. The predicted octanol–water partition coefficient (Wildman–Crippen LogP) is 5.78. The molecule has 0 radical (unpaired) electrons. The molecular weight excluding hydrogens is 438 g/mol. The molecule has 0 saturated carbocycles. The summed E-state index contributed by atoms with van der Waals surface area (Å²) in [6.45, 7) is 2.11. The first kappa shape index (κ1) is 21.5. The summed E-state index contributed by atoms with van der Waals surface area (Å²) >= 11 is 0. The van der Waals surface area contributed by atoms with Crippen molar-refractivity contribution >= 4 is 22.8 Å². The van der Waals surface area contributed by atoms with Gasteiger partial charge in [-0.1, -0.05) is 42.5 Å². The van der Waals surface area contributed by atoms with Crippen LogP contribution in [0.1, 0.15) is 41.5 Å². The average molecular weight is 466 g/mol. The Kier molecular flexibility index (Phi) is 5.10. The third-order valence-corrected chi connectivity index (χ3v) is 7.26. The molecule has 1 aliphatic heterocycles. The number of hydrogen-bond donors (Lipinski definition) is 1. The molecule has 0 unspecified atom stereocenters. The van der Waals surface area contributed by atoms with Crippen molar-refractivity contribution < 1.29 is 14.3 Å². The number of nitrogens with one attached hydrogen (secondary N) is 1. The van der Waals surface area contributed by atoms with Crippen LogP contribution in [0.4, 0.5) is 5.95 Å². The summed E-state index contributed by atoms with van der Waals surface area (Å²) < 4.78 is 13.1. The highest BCUT2D eigenvalue weighted by Gasteiger charge is 2.40. The van der Waals surface area contributed by atoms with E-state index in [1.165, 1.54) is 0 Å². The SMILES string of the molecule is COc1ccc([C@@H]2CC(=O)C3=C(C2)Nc2nc4ccccc4n2[C@H]3c2ccccc2C)cc1OC. The third kappa shape index (κ3) is 3.40. The second-order valence-corrected chi connectivity index (χ2v) is 9.21. The normalized spacial score (nSPS) is 19.2. The van der Waals surface area contributed by atoms with E-state index in [1.54, 1.807) is 14.2 Å². The number of ketones is 1. The summed E-state index contributed by atoms with van der Waals surface area (Å²) in [6.07, 6.45) is 1.17. The number of ether oxygens (including phenoxy) is 2. The maximum absolute atomic E-state index is 13.9. The highest BCUT2D eigenvalue weighted by molar-refractivity contribution is 6.01. The van der Waals surface area contributed by atoms with Crippen molar-refractivity contribution in [1.29, 1.82) is 0 Å². The van der Waals surface area contributed by atoms with Gasteiger partial charge in [0.2, 0.25) is 5.95 Å². The van der Waals surface area contributed by atoms with E-state index in [0.29, 0.717) is 17.9 Å². The van der Waals surface area contributed by atoms with Gasteiger partial charge < -0.3 is 14.8 Å². The summed E-state index contributed by atoms with van der Waals surface area (Å²) in [7, 11) is 3.26. The van der Waals surface area contributed by atoms with Gasteiger partial charge in [0.15, 0.2) is 17.3 Å². The second-order valence-electron chi connectivity index (χ2n) is 9.21. The number of para-hydroxylation sites is 2. The molecule has 6 nitrogen and oxygen atoms in total. The molecule has 35 heavy (non-hydrogen) atoms. The van der Waals surface area contributed by atoms with Gasteiger partial charge in [-0.25, -0.2) is 4.98 Å². The van der Waals surface area contributed by atoms with E-state index in [2.05, 4.69) is 35.0 Å². The number of aryl methyl sites for hydroxylation is 1. The lowest BCUT2D eigenvalue weighted by atomic mass is 9.77. The van der Waals surface area contributed by atoms with Crippen LogP contribution in [0.15, 0.2) is 78.0 Å². The molecule has 6 heteroatoms. The van der Waals surface area contributed by atoms with E-state index in [9.17, 15) is 4.79 Å². The van der Waals surface area contributed by atoms with Crippen LogP contribution in [0, 0.1) is 6.92 Å². The van der Waals surface area contributed by atoms with Crippen molar-refractivity contribution in [3.05, 3.63) is 94.7 Å². The lowest BCUT2D eigenvalue weighted by Crippen LogP contribution is -2.33. The van der Waals surface area contributed by atoms with E-state index in [0.717, 1.165) is 51.4 Å². The maximum atomic E-state index is 13.9. The van der Waals surface area contributed by atoms with Crippen molar-refractivity contribution in [2.75, 3.05) is 19.5 Å². The number of carbonyl (C=O) groups excluding carboxylic acids is 1. The summed E-state index contributed by atoms with van der Waals surface area (Å²) in [4.78, 5) is 18.8. The first-order valence-electron chi connectivity index (χ1n) is 11.9. The standard InChI is InChI=1S/C29H27N3O3/c1-17-8-4-5-9-20(17)28-27-22(31-29-30-21-10-6-7-11-23(21)32(28)29)14-19(15-24(27)33)18-12-13-25(34-2)26(16-18)35-3/h4-13,16,19,28H,14-15H2,1-3H3,(H,30,31)/t19-,28-/m0/s1. The smallest absolute Gasteiger partial charge is 0.209 e. The van der Waals surface area contributed by atoms with E-state index in [1.807, 2.05) is 48.5 Å². The molecule has 2 atom stereocenters. The number of aromatic nitrogens is 2. The zero-order valence-corrected chi connectivity index (χ0v) is 20.0. The summed E-state index contributed by atoms with van der Waals surface area (Å²) in [5.41, 5.74) is 7.08. The highest BCUT2D eigenvalue weighted by atomic mass is 16.5. The van der Waals surface area contributed by atoms with Gasteiger partial charge in [-0.05, 0) is 60.2 Å². The van der Waals surface area contributed by atoms with Crippen molar-refractivity contribution in [3.63, 3.8) is 0 Å². The number of nitrogens with zero attached hydrogens (tertiary/aromatic N) is 2. The van der Waals surface area contributed by atoms with E-state index in [-0.39, 0.29) is 17.7 Å². The Hall–Kier alpha value is -4.06. The molecule has 0 saturated heterocycles. The fourth-order valence-corrected chi connectivity index (χ4v) is 5.56. The molecular formula is C29H27N3O3. The van der Waals surface area contributed by atoms with Crippen LogP contribution in [0.25, 0.3) is 11.0 Å². The topological polar surface area (TPSA) is 65.4 Å². The molecule has 1 aliphatic carbocycles. The maximum Gasteiger partial charge on any atom is 0.209 e. The molecule has 0 amide bonds. The minimum absolute atomic E-state index is 0.0435. The van der Waals surface area contributed by atoms with Crippen LogP contribution in [0.3, 0.4) is 0 Å². The van der Waals surface area contributed by atoms with E-state index in [4.69, 9.17) is 14.5 Å². The lowest BCUT2D eigenvalue weighted by Gasteiger charge is -2.37. The molecule has 2 heterocycles. The predicted molar refractivity (Wildman–Crippen MR) is 136 cm³/mol. The van der Waals surface area contributed by atoms with Gasteiger partial charge in [0.05, 0.1) is 31.3 Å². The van der Waals surface area contributed by atoms with Crippen LogP contribution >= 0.6 is 0 Å². The van der Waals surface area contributed by atoms with E-state index >= 15 is 0 Å². The molecule has 1 N–H and O–H groups in total. The Balaban J connectivity index is 1.49. The first-order chi connectivity index (χ1) is 17.1. The van der Waals surface area contributed by atoms with Crippen molar-refractivity contribution in [2.45, 2.75) is 31.7 Å². The molecule has 2 aliphatic rings. The van der Waals surface area contributed by atoms with Gasteiger partial charge in [0.25, 0.3) is 0 Å². The largest absolute Gasteiger partial charge is 0.493 e. The molecule has 0 spiro atoms. The number of benzene rings is 3. The fraction of sp³-hybridized carbons (Fsp3) is 0.241. The molecule has 6 rings (SSSR count). The summed E-state index contributed by atoms with van der Waals surface area (Å²) in [5.74, 6) is 2.34. The Morgan fingerprint density at radius 1 is 0.943 bits per heavy atom. The number of allylic oxidation sites excluding steroid dienone is 2. The van der Waals surface area contributed by atoms with Crippen LogP contribution in [0.5, 0.6) is 11.5 Å². The monoisotopic (exact) mass is 465 g/mol. The number of hydrogen-bond acceptors (Lipinski definition) is 5. The second kappa shape index (κ2) is 8.31. The minimum Gasteiger partial charge on any atom is -0.493 e. The number of anilines is 1. The van der Waals surface area contributed by atoms with Crippen molar-refractivity contribution in [1.82, 2.24) is 9.55 Å². The van der Waals surface area contributed by atoms with Gasteiger partial charge in [-0.3, -0.25) is 9.36 Å². The molecule has 0 bridgehead atoms. The average Bonchev–Trinajstić information content (AvgIpc) is 3.25. The van der Waals surface area contributed by atoms with Gasteiger partial charge in [-0.2, -0.15) is 0 Å². The Labute approximate surface area is 204 Å². The third-order valence-electron chi connectivity index (χ3n) is 7.26. The zero-order chi connectivity index (χ0) is 24.1. The summed E-state index contributed by atoms with van der Waals surface area (Å²) in [5, 5.41) is 3.54. The molecule has 176 valence electrons. The Bertz CT molecular complexity index is 1500. The van der Waals surface area contributed by atoms with Crippen LogP contribution in [-0.2, 0) is 4.79 Å². The number of carbonyl (C=O) groups is 1. The number of methoxy groups -OCH3 is 2. The Morgan fingerprint density at radius 3 is 2.51 bits per heavy atom. The van der Waals surface area contributed by atoms with Gasteiger partial charge >= 0.3 is 0 Å². The van der Waals surface area contributed by atoms with E-state index < -0.39 is 0 Å². The summed E-state index contributed by atoms with van der Waals surface area (Å²) in [6, 6.07) is 22.1. The molecule has 1 aromatic heterocycles. The van der Waals surface area contributed by atoms with Crippen LogP contribution in [-0.4, -0.2) is 29.6 Å². The lowest BCUT2D eigenvalue weighted by molar-refractivity contribution is -0.116. The van der Waals surface area contributed by atoms with Crippen LogP contribution in [0.2, 0.25) is 0 Å².